The molecule has 0 spiro atoms. The third kappa shape index (κ3) is 2.80. The number of benzene rings is 1. The molecule has 0 unspecified atom stereocenters. The highest BCUT2D eigenvalue weighted by molar-refractivity contribution is 5.14. The molecule has 4 N–H and O–H groups in total. The van der Waals surface area contributed by atoms with Gasteiger partial charge in [-0.05, 0) is 5.56 Å². The monoisotopic (exact) mass is 222 g/mol. The second-order valence-electron chi connectivity index (χ2n) is 4.19. The summed E-state index contributed by atoms with van der Waals surface area (Å²) in [5.74, 6) is 0. The highest BCUT2D eigenvalue weighted by atomic mass is 16.3. The Labute approximate surface area is 95.3 Å². The van der Waals surface area contributed by atoms with E-state index in [1.807, 2.05) is 30.3 Å². The molecular formula is C12H18N2O2. The van der Waals surface area contributed by atoms with Crippen LogP contribution in [0.1, 0.15) is 5.56 Å². The Balaban J connectivity index is 1.85. The van der Waals surface area contributed by atoms with Crippen LogP contribution in [0.4, 0.5) is 0 Å². The van der Waals surface area contributed by atoms with Crippen LogP contribution in [-0.4, -0.2) is 41.6 Å². The van der Waals surface area contributed by atoms with Crippen molar-refractivity contribution < 1.29 is 10.2 Å². The summed E-state index contributed by atoms with van der Waals surface area (Å²) in [6, 6.07) is 9.93. The largest absolute Gasteiger partial charge is 0.389 e. The Bertz CT molecular complexity index is 318. The van der Waals surface area contributed by atoms with Gasteiger partial charge < -0.3 is 20.8 Å². The molecule has 0 bridgehead atoms. The zero-order chi connectivity index (χ0) is 11.4. The number of rotatable bonds is 3. The van der Waals surface area contributed by atoms with Crippen molar-refractivity contribution in [1.29, 1.82) is 0 Å². The Morgan fingerprint density at radius 2 is 1.94 bits per heavy atom. The van der Waals surface area contributed by atoms with Crippen molar-refractivity contribution in [3.05, 3.63) is 35.9 Å². The molecule has 4 nitrogen and oxygen atoms in total. The van der Waals surface area contributed by atoms with Crippen molar-refractivity contribution in [3.63, 3.8) is 0 Å². The number of aliphatic hydroxyl groups is 2. The highest BCUT2D eigenvalue weighted by Crippen LogP contribution is 2.06. The van der Waals surface area contributed by atoms with Gasteiger partial charge in [-0.25, -0.2) is 0 Å². The summed E-state index contributed by atoms with van der Waals surface area (Å²) in [5.41, 5.74) is 1.18. The second kappa shape index (κ2) is 5.41. The first-order chi connectivity index (χ1) is 7.77. The number of aliphatic hydroxyl groups excluding tert-OH is 2. The smallest absolute Gasteiger partial charge is 0.0976 e. The molecule has 1 fully saturated rings. The molecule has 16 heavy (non-hydrogen) atoms. The van der Waals surface area contributed by atoms with E-state index in [0.717, 1.165) is 0 Å². The fourth-order valence-corrected chi connectivity index (χ4v) is 1.93. The van der Waals surface area contributed by atoms with E-state index in [1.165, 1.54) is 5.56 Å². The Kier molecular flexibility index (Phi) is 3.90. The molecule has 0 amide bonds. The van der Waals surface area contributed by atoms with Gasteiger partial charge in [-0.1, -0.05) is 30.3 Å². The average molecular weight is 222 g/mol. The normalized spacial score (nSPS) is 30.2. The predicted molar refractivity (Wildman–Crippen MR) is 62.0 cm³/mol. The molecule has 0 aromatic heterocycles. The molecule has 4 heteroatoms. The summed E-state index contributed by atoms with van der Waals surface area (Å²) in [6.45, 7) is 1.85. The molecule has 3 atom stereocenters. The predicted octanol–water partition coefficient (Wildman–Crippen LogP) is -0.530. The number of piperidine rings is 1. The molecular weight excluding hydrogens is 204 g/mol. The minimum atomic E-state index is -0.690. The molecule has 0 radical (unpaired) electrons. The van der Waals surface area contributed by atoms with E-state index in [1.54, 1.807) is 0 Å². The molecule has 1 aliphatic heterocycles. The summed E-state index contributed by atoms with van der Waals surface area (Å²) < 4.78 is 0. The highest BCUT2D eigenvalue weighted by Gasteiger charge is 2.29. The minimum absolute atomic E-state index is 0.0936. The van der Waals surface area contributed by atoms with Crippen LogP contribution in [0, 0.1) is 0 Å². The molecule has 1 saturated heterocycles. The van der Waals surface area contributed by atoms with E-state index < -0.39 is 12.2 Å². The van der Waals surface area contributed by atoms with E-state index >= 15 is 0 Å². The molecule has 0 saturated carbocycles. The molecule has 88 valence electrons. The van der Waals surface area contributed by atoms with Gasteiger partial charge in [-0.15, -0.1) is 0 Å². The maximum Gasteiger partial charge on any atom is 0.0976 e. The minimum Gasteiger partial charge on any atom is -0.389 e. The van der Waals surface area contributed by atoms with Crippen molar-refractivity contribution in [2.24, 2.45) is 0 Å². The summed E-state index contributed by atoms with van der Waals surface area (Å²) >= 11 is 0. The van der Waals surface area contributed by atoms with Crippen molar-refractivity contribution in [3.8, 4) is 0 Å². The number of β-amino-alcohol motifs (C(OH)–C–C–N with tert-alkyl or cyclic N) is 1. The SMILES string of the molecule is O[C@@H]1[C@H](O)CNC[C@@H]1NCc1ccccc1. The lowest BCUT2D eigenvalue weighted by molar-refractivity contribution is -0.0204. The van der Waals surface area contributed by atoms with Crippen molar-refractivity contribution in [2.75, 3.05) is 13.1 Å². The quantitative estimate of drug-likeness (QED) is 0.555. The topological polar surface area (TPSA) is 64.5 Å². The van der Waals surface area contributed by atoms with Gasteiger partial charge in [0.15, 0.2) is 0 Å². The van der Waals surface area contributed by atoms with Crippen LogP contribution in [0.15, 0.2) is 30.3 Å². The molecule has 1 heterocycles. The van der Waals surface area contributed by atoms with Gasteiger partial charge in [0.2, 0.25) is 0 Å². The maximum absolute atomic E-state index is 9.76. The van der Waals surface area contributed by atoms with Gasteiger partial charge in [0.05, 0.1) is 12.2 Å². The van der Waals surface area contributed by atoms with Gasteiger partial charge in [-0.3, -0.25) is 0 Å². The third-order valence-corrected chi connectivity index (χ3v) is 2.94. The van der Waals surface area contributed by atoms with Crippen molar-refractivity contribution in [2.45, 2.75) is 24.8 Å². The van der Waals surface area contributed by atoms with Gasteiger partial charge in [0.25, 0.3) is 0 Å². The van der Waals surface area contributed by atoms with Gasteiger partial charge in [0.1, 0.15) is 0 Å². The van der Waals surface area contributed by atoms with Crippen LogP contribution in [-0.2, 0) is 6.54 Å². The first-order valence-electron chi connectivity index (χ1n) is 5.61. The number of hydrogen-bond donors (Lipinski definition) is 4. The van der Waals surface area contributed by atoms with Crippen LogP contribution in [0.25, 0.3) is 0 Å². The van der Waals surface area contributed by atoms with Gasteiger partial charge in [-0.2, -0.15) is 0 Å². The number of nitrogens with one attached hydrogen (secondary N) is 2. The Morgan fingerprint density at radius 1 is 1.19 bits per heavy atom. The van der Waals surface area contributed by atoms with Crippen LogP contribution < -0.4 is 10.6 Å². The van der Waals surface area contributed by atoms with Crippen molar-refractivity contribution in [1.82, 2.24) is 10.6 Å². The first-order valence-corrected chi connectivity index (χ1v) is 5.61. The van der Waals surface area contributed by atoms with E-state index in [0.29, 0.717) is 19.6 Å². The summed E-state index contributed by atoms with van der Waals surface area (Å²) in [7, 11) is 0. The summed E-state index contributed by atoms with van der Waals surface area (Å²) in [6.07, 6.45) is -1.37. The summed E-state index contributed by atoms with van der Waals surface area (Å²) in [4.78, 5) is 0. The van der Waals surface area contributed by atoms with Crippen LogP contribution >= 0.6 is 0 Å². The molecule has 1 aliphatic rings. The van der Waals surface area contributed by atoms with E-state index in [4.69, 9.17) is 0 Å². The third-order valence-electron chi connectivity index (χ3n) is 2.94. The lowest BCUT2D eigenvalue weighted by Crippen LogP contribution is -2.58. The average Bonchev–Trinajstić information content (AvgIpc) is 2.32. The van der Waals surface area contributed by atoms with Crippen LogP contribution in [0.2, 0.25) is 0 Å². The van der Waals surface area contributed by atoms with Crippen LogP contribution in [0.5, 0.6) is 0 Å². The molecule has 2 rings (SSSR count). The fraction of sp³-hybridized carbons (Fsp3) is 0.500. The zero-order valence-corrected chi connectivity index (χ0v) is 9.13. The number of hydrogen-bond acceptors (Lipinski definition) is 4. The molecule has 0 aliphatic carbocycles. The standard InChI is InChI=1S/C12H18N2O2/c15-11-8-13-7-10(12(11)16)14-6-9-4-2-1-3-5-9/h1-5,10-16H,6-8H2/t10-,11+,12-/m0/s1. The van der Waals surface area contributed by atoms with E-state index in [2.05, 4.69) is 10.6 Å². The van der Waals surface area contributed by atoms with Crippen LogP contribution in [0.3, 0.4) is 0 Å². The molecule has 1 aromatic carbocycles. The van der Waals surface area contributed by atoms with Crippen molar-refractivity contribution >= 4 is 0 Å². The van der Waals surface area contributed by atoms with Gasteiger partial charge in [0, 0.05) is 25.7 Å². The Hall–Kier alpha value is -0.940. The lowest BCUT2D eigenvalue weighted by atomic mass is 10.0. The fourth-order valence-electron chi connectivity index (χ4n) is 1.93. The maximum atomic E-state index is 9.76. The van der Waals surface area contributed by atoms with E-state index in [-0.39, 0.29) is 6.04 Å². The first kappa shape index (κ1) is 11.5. The van der Waals surface area contributed by atoms with E-state index in [9.17, 15) is 10.2 Å². The Morgan fingerprint density at radius 3 is 2.69 bits per heavy atom. The second-order valence-corrected chi connectivity index (χ2v) is 4.19. The zero-order valence-electron chi connectivity index (χ0n) is 9.13. The summed E-state index contributed by atoms with van der Waals surface area (Å²) in [5, 5.41) is 25.6. The van der Waals surface area contributed by atoms with Gasteiger partial charge >= 0.3 is 0 Å². The lowest BCUT2D eigenvalue weighted by Gasteiger charge is -2.33. The molecule has 1 aromatic rings.